The summed E-state index contributed by atoms with van der Waals surface area (Å²) in [5.74, 6) is 1.38. The van der Waals surface area contributed by atoms with Crippen molar-refractivity contribution < 1.29 is 4.42 Å². The summed E-state index contributed by atoms with van der Waals surface area (Å²) in [5.41, 5.74) is 0.974. The van der Waals surface area contributed by atoms with E-state index in [1.807, 2.05) is 6.92 Å². The number of aryl methyl sites for hydroxylation is 1. The molecule has 0 aliphatic rings. The number of rotatable bonds is 1. The molecule has 0 atom stereocenters. The second kappa shape index (κ2) is 2.74. The van der Waals surface area contributed by atoms with Crippen LogP contribution in [-0.4, -0.2) is 4.98 Å². The molecule has 0 fully saturated rings. The van der Waals surface area contributed by atoms with Crippen LogP contribution in [0.2, 0.25) is 0 Å². The normalized spacial score (nSPS) is 10.9. The Morgan fingerprint density at radius 1 is 1.50 bits per heavy atom. The van der Waals surface area contributed by atoms with E-state index in [0.717, 1.165) is 11.5 Å². The zero-order chi connectivity index (χ0) is 7.72. The molecule has 0 unspecified atom stereocenters. The Kier molecular flexibility index (Phi) is 2.14. The molecule has 3 heteroatoms. The predicted molar refractivity (Wildman–Crippen MR) is 43.0 cm³/mol. The molecule has 1 aromatic rings. The summed E-state index contributed by atoms with van der Waals surface area (Å²) in [6.07, 6.45) is 0. The van der Waals surface area contributed by atoms with Crippen LogP contribution in [0.3, 0.4) is 0 Å². The van der Waals surface area contributed by atoms with Crippen molar-refractivity contribution in [3.63, 3.8) is 0 Å². The van der Waals surface area contributed by atoms with E-state index in [9.17, 15) is 0 Å². The van der Waals surface area contributed by atoms with Crippen LogP contribution in [0.5, 0.6) is 0 Å². The van der Waals surface area contributed by atoms with Crippen LogP contribution in [0, 0.1) is 6.92 Å². The lowest BCUT2D eigenvalue weighted by molar-refractivity contribution is 0.459. The SMILES string of the molecule is Cc1nc(Br)oc1C(C)C. The predicted octanol–water partition coefficient (Wildman–Crippen LogP) is 2.87. The highest BCUT2D eigenvalue weighted by atomic mass is 79.9. The number of nitrogens with zero attached hydrogens (tertiary/aromatic N) is 1. The molecule has 10 heavy (non-hydrogen) atoms. The third-order valence-electron chi connectivity index (χ3n) is 1.33. The van der Waals surface area contributed by atoms with Crippen molar-refractivity contribution in [2.24, 2.45) is 0 Å². The van der Waals surface area contributed by atoms with Gasteiger partial charge in [-0.05, 0) is 6.92 Å². The maximum atomic E-state index is 5.28. The second-order valence-corrected chi connectivity index (χ2v) is 3.25. The Balaban J connectivity index is 3.03. The van der Waals surface area contributed by atoms with Gasteiger partial charge in [-0.3, -0.25) is 0 Å². The van der Waals surface area contributed by atoms with Gasteiger partial charge >= 0.3 is 0 Å². The fraction of sp³-hybridized carbons (Fsp3) is 0.571. The van der Waals surface area contributed by atoms with E-state index in [1.165, 1.54) is 0 Å². The van der Waals surface area contributed by atoms with Crippen LogP contribution in [-0.2, 0) is 0 Å². The Hall–Kier alpha value is -0.310. The van der Waals surface area contributed by atoms with Crippen LogP contribution >= 0.6 is 15.9 Å². The van der Waals surface area contributed by atoms with Gasteiger partial charge in [0.2, 0.25) is 0 Å². The lowest BCUT2D eigenvalue weighted by Crippen LogP contribution is -1.86. The van der Waals surface area contributed by atoms with Crippen molar-refractivity contribution in [1.82, 2.24) is 4.98 Å². The maximum Gasteiger partial charge on any atom is 0.264 e. The third kappa shape index (κ3) is 1.40. The summed E-state index contributed by atoms with van der Waals surface area (Å²) in [6.45, 7) is 6.11. The van der Waals surface area contributed by atoms with Gasteiger partial charge in [-0.1, -0.05) is 13.8 Å². The van der Waals surface area contributed by atoms with E-state index in [-0.39, 0.29) is 0 Å². The first-order chi connectivity index (χ1) is 4.61. The zero-order valence-electron chi connectivity index (χ0n) is 6.31. The minimum absolute atomic E-state index is 0.416. The third-order valence-corrected chi connectivity index (χ3v) is 1.67. The number of hydrogen-bond donors (Lipinski definition) is 0. The van der Waals surface area contributed by atoms with Gasteiger partial charge in [0.25, 0.3) is 4.80 Å². The quantitative estimate of drug-likeness (QED) is 0.702. The molecular weight excluding hydrogens is 194 g/mol. The molecule has 56 valence electrons. The summed E-state index contributed by atoms with van der Waals surface area (Å²) >= 11 is 3.17. The molecule has 0 aliphatic carbocycles. The number of halogens is 1. The number of hydrogen-bond acceptors (Lipinski definition) is 2. The fourth-order valence-corrected chi connectivity index (χ4v) is 1.35. The zero-order valence-corrected chi connectivity index (χ0v) is 7.90. The van der Waals surface area contributed by atoms with Crippen molar-refractivity contribution in [3.05, 3.63) is 16.3 Å². The van der Waals surface area contributed by atoms with Gasteiger partial charge in [-0.25, -0.2) is 4.98 Å². The van der Waals surface area contributed by atoms with Crippen molar-refractivity contribution in [3.8, 4) is 0 Å². The molecule has 0 aliphatic heterocycles. The van der Waals surface area contributed by atoms with Crippen LogP contribution < -0.4 is 0 Å². The van der Waals surface area contributed by atoms with Crippen molar-refractivity contribution in [2.75, 3.05) is 0 Å². The van der Waals surface area contributed by atoms with Crippen LogP contribution in [0.4, 0.5) is 0 Å². The first kappa shape index (κ1) is 7.79. The van der Waals surface area contributed by atoms with E-state index in [4.69, 9.17) is 4.42 Å². The lowest BCUT2D eigenvalue weighted by atomic mass is 10.1. The summed E-state index contributed by atoms with van der Waals surface area (Å²) < 4.78 is 5.28. The van der Waals surface area contributed by atoms with Gasteiger partial charge in [0.1, 0.15) is 5.76 Å². The van der Waals surface area contributed by atoms with E-state index < -0.39 is 0 Å². The van der Waals surface area contributed by atoms with Crippen molar-refractivity contribution in [1.29, 1.82) is 0 Å². The highest BCUT2D eigenvalue weighted by molar-refractivity contribution is 9.10. The molecule has 0 amide bonds. The first-order valence-corrected chi connectivity index (χ1v) is 4.03. The monoisotopic (exact) mass is 203 g/mol. The highest BCUT2D eigenvalue weighted by Gasteiger charge is 2.10. The molecule has 0 radical (unpaired) electrons. The molecule has 1 rings (SSSR count). The highest BCUT2D eigenvalue weighted by Crippen LogP contribution is 2.22. The van der Waals surface area contributed by atoms with Gasteiger partial charge < -0.3 is 4.42 Å². The molecule has 2 nitrogen and oxygen atoms in total. The standard InChI is InChI=1S/C7H10BrNO/c1-4(2)6-5(3)9-7(8)10-6/h4H,1-3H3. The van der Waals surface area contributed by atoms with Gasteiger partial charge in [-0.15, -0.1) is 0 Å². The molecule has 1 heterocycles. The van der Waals surface area contributed by atoms with E-state index in [0.29, 0.717) is 10.7 Å². The number of oxazole rings is 1. The molecular formula is C7H10BrNO. The maximum absolute atomic E-state index is 5.28. The Morgan fingerprint density at radius 2 is 2.10 bits per heavy atom. The summed E-state index contributed by atoms with van der Waals surface area (Å²) in [7, 11) is 0. The molecule has 0 N–H and O–H groups in total. The lowest BCUT2D eigenvalue weighted by Gasteiger charge is -1.97. The fourth-order valence-electron chi connectivity index (χ4n) is 0.910. The first-order valence-electron chi connectivity index (χ1n) is 3.24. The summed E-state index contributed by atoms with van der Waals surface area (Å²) in [4.78, 5) is 4.66. The molecule has 0 spiro atoms. The van der Waals surface area contributed by atoms with E-state index in [1.54, 1.807) is 0 Å². The van der Waals surface area contributed by atoms with Crippen LogP contribution in [0.15, 0.2) is 9.22 Å². The minimum atomic E-state index is 0.416. The van der Waals surface area contributed by atoms with Gasteiger partial charge in [0, 0.05) is 21.8 Å². The Bertz CT molecular complexity index is 230. The van der Waals surface area contributed by atoms with Crippen molar-refractivity contribution >= 4 is 15.9 Å². The molecule has 0 aromatic carbocycles. The van der Waals surface area contributed by atoms with Gasteiger partial charge in [0.05, 0.1) is 5.69 Å². The smallest absolute Gasteiger partial charge is 0.264 e. The van der Waals surface area contributed by atoms with Crippen LogP contribution in [0.1, 0.15) is 31.2 Å². The van der Waals surface area contributed by atoms with E-state index in [2.05, 4.69) is 34.8 Å². The van der Waals surface area contributed by atoms with Crippen LogP contribution in [0.25, 0.3) is 0 Å². The second-order valence-electron chi connectivity index (χ2n) is 2.57. The molecule has 0 bridgehead atoms. The minimum Gasteiger partial charge on any atom is -0.436 e. The Morgan fingerprint density at radius 3 is 2.30 bits per heavy atom. The molecule has 1 aromatic heterocycles. The van der Waals surface area contributed by atoms with Gasteiger partial charge in [0.15, 0.2) is 0 Å². The topological polar surface area (TPSA) is 26.0 Å². The average Bonchev–Trinajstić information content (AvgIpc) is 2.10. The molecule has 0 saturated carbocycles. The number of aromatic nitrogens is 1. The molecule has 0 saturated heterocycles. The Labute approximate surface area is 68.8 Å². The van der Waals surface area contributed by atoms with Crippen molar-refractivity contribution in [2.45, 2.75) is 26.7 Å². The van der Waals surface area contributed by atoms with Gasteiger partial charge in [-0.2, -0.15) is 0 Å². The summed E-state index contributed by atoms with van der Waals surface area (Å²) in [6, 6.07) is 0. The van der Waals surface area contributed by atoms with E-state index >= 15 is 0 Å². The average molecular weight is 204 g/mol. The summed E-state index contributed by atoms with van der Waals surface area (Å²) in [5, 5.41) is 0. The largest absolute Gasteiger partial charge is 0.436 e.